The first kappa shape index (κ1) is 19.0. The molecule has 29 heavy (non-hydrogen) atoms. The van der Waals surface area contributed by atoms with E-state index in [1.165, 1.54) is 25.7 Å². The quantitative estimate of drug-likeness (QED) is 0.719. The molecule has 5 rings (SSSR count). The van der Waals surface area contributed by atoms with Crippen LogP contribution in [0.25, 0.3) is 11.0 Å². The van der Waals surface area contributed by atoms with Crippen molar-refractivity contribution in [2.75, 3.05) is 0 Å². The topological polar surface area (TPSA) is 71.7 Å². The summed E-state index contributed by atoms with van der Waals surface area (Å²) in [6.45, 7) is 1.92. The number of aryl methyl sites for hydroxylation is 1. The van der Waals surface area contributed by atoms with Crippen LogP contribution >= 0.6 is 0 Å². The second-order valence-corrected chi connectivity index (χ2v) is 9.28. The standard InChI is InChI=1S/C24H31NO4/c1-15-20-18(28-22(15)23(27)25-16-8-4-2-5-9-16)10-11-19-21(20)17(26)14-24(29-19)12-6-3-7-13-24/h10-11,16-17,26H,2-9,12-14H2,1H3,(H,25,27). The maximum atomic E-state index is 12.9. The van der Waals surface area contributed by atoms with Gasteiger partial charge in [-0.3, -0.25) is 4.79 Å². The Morgan fingerprint density at radius 2 is 1.83 bits per heavy atom. The molecule has 1 atom stereocenters. The third-order valence-corrected chi connectivity index (χ3v) is 7.23. The van der Waals surface area contributed by atoms with E-state index in [0.717, 1.165) is 60.8 Å². The second-order valence-electron chi connectivity index (χ2n) is 9.28. The molecule has 1 amide bonds. The minimum absolute atomic E-state index is 0.144. The van der Waals surface area contributed by atoms with Crippen LogP contribution in [-0.2, 0) is 0 Å². The first-order valence-electron chi connectivity index (χ1n) is 11.3. The SMILES string of the molecule is Cc1c(C(=O)NC2CCCCC2)oc2ccc3c(c12)C(O)CC1(CCCCC1)O3. The Morgan fingerprint density at radius 3 is 2.59 bits per heavy atom. The molecule has 2 fully saturated rings. The van der Waals surface area contributed by atoms with Gasteiger partial charge in [0, 0.05) is 29.0 Å². The van der Waals surface area contributed by atoms with Crippen LogP contribution in [0.1, 0.15) is 98.4 Å². The van der Waals surface area contributed by atoms with Gasteiger partial charge in [-0.05, 0) is 57.6 Å². The lowest BCUT2D eigenvalue weighted by molar-refractivity contribution is -0.0373. The number of rotatable bonds is 2. The van der Waals surface area contributed by atoms with Gasteiger partial charge in [-0.25, -0.2) is 0 Å². The van der Waals surface area contributed by atoms with Gasteiger partial charge >= 0.3 is 0 Å². The number of ether oxygens (including phenoxy) is 1. The maximum absolute atomic E-state index is 12.9. The number of fused-ring (bicyclic) bond motifs is 3. The molecular formula is C24H31NO4. The molecule has 2 aromatic rings. The van der Waals surface area contributed by atoms with E-state index in [1.54, 1.807) is 0 Å². The molecule has 0 saturated heterocycles. The monoisotopic (exact) mass is 397 g/mol. The summed E-state index contributed by atoms with van der Waals surface area (Å²) in [5, 5.41) is 15.1. The van der Waals surface area contributed by atoms with Crippen molar-refractivity contribution in [1.82, 2.24) is 5.32 Å². The van der Waals surface area contributed by atoms with Crippen LogP contribution in [0.15, 0.2) is 16.5 Å². The highest BCUT2D eigenvalue weighted by molar-refractivity contribution is 6.00. The van der Waals surface area contributed by atoms with Crippen molar-refractivity contribution in [1.29, 1.82) is 0 Å². The lowest BCUT2D eigenvalue weighted by Gasteiger charge is -2.43. The molecule has 1 spiro atoms. The molecule has 5 heteroatoms. The molecule has 1 unspecified atom stereocenters. The summed E-state index contributed by atoms with van der Waals surface area (Å²) in [5.41, 5.74) is 2.00. The van der Waals surface area contributed by atoms with Crippen molar-refractivity contribution in [3.8, 4) is 5.75 Å². The molecule has 2 N–H and O–H groups in total. The number of hydrogen-bond acceptors (Lipinski definition) is 4. The Balaban J connectivity index is 1.48. The molecule has 1 aromatic heterocycles. The summed E-state index contributed by atoms with van der Waals surface area (Å²) in [6, 6.07) is 4.02. The molecule has 1 aromatic carbocycles. The summed E-state index contributed by atoms with van der Waals surface area (Å²) in [7, 11) is 0. The molecule has 2 heterocycles. The molecule has 156 valence electrons. The van der Waals surface area contributed by atoms with E-state index in [1.807, 2.05) is 19.1 Å². The smallest absolute Gasteiger partial charge is 0.287 e. The van der Waals surface area contributed by atoms with Crippen LogP contribution in [-0.4, -0.2) is 22.7 Å². The highest BCUT2D eigenvalue weighted by Crippen LogP contribution is 2.49. The zero-order valence-corrected chi connectivity index (χ0v) is 17.3. The summed E-state index contributed by atoms with van der Waals surface area (Å²) in [5.74, 6) is 0.972. The first-order chi connectivity index (χ1) is 14.1. The van der Waals surface area contributed by atoms with Gasteiger partial charge in [0.2, 0.25) is 0 Å². The van der Waals surface area contributed by atoms with E-state index in [2.05, 4.69) is 5.32 Å². The van der Waals surface area contributed by atoms with Gasteiger partial charge in [0.25, 0.3) is 5.91 Å². The van der Waals surface area contributed by atoms with Crippen LogP contribution in [0.2, 0.25) is 0 Å². The molecule has 0 radical (unpaired) electrons. The Labute approximate surface area is 171 Å². The van der Waals surface area contributed by atoms with Gasteiger partial charge in [0.1, 0.15) is 16.9 Å². The average molecular weight is 398 g/mol. The minimum Gasteiger partial charge on any atom is -0.487 e. The van der Waals surface area contributed by atoms with Crippen LogP contribution < -0.4 is 10.1 Å². The molecule has 0 bridgehead atoms. The Kier molecular flexibility index (Phi) is 4.81. The van der Waals surface area contributed by atoms with E-state index < -0.39 is 6.10 Å². The third kappa shape index (κ3) is 3.33. The van der Waals surface area contributed by atoms with Crippen LogP contribution in [0, 0.1) is 6.92 Å². The lowest BCUT2D eigenvalue weighted by atomic mass is 9.77. The Bertz CT molecular complexity index is 919. The highest BCUT2D eigenvalue weighted by Gasteiger charge is 2.42. The van der Waals surface area contributed by atoms with Gasteiger partial charge in [0.15, 0.2) is 5.76 Å². The normalized spacial score (nSPS) is 24.3. The predicted octanol–water partition coefficient (Wildman–Crippen LogP) is 5.32. The number of aliphatic hydroxyl groups excluding tert-OH is 1. The number of carbonyl (C=O) groups excluding carboxylic acids is 1. The highest BCUT2D eigenvalue weighted by atomic mass is 16.5. The molecule has 5 nitrogen and oxygen atoms in total. The van der Waals surface area contributed by atoms with Crippen LogP contribution in [0.4, 0.5) is 0 Å². The van der Waals surface area contributed by atoms with Crippen molar-refractivity contribution in [2.45, 2.75) is 95.3 Å². The summed E-state index contributed by atoms with van der Waals surface area (Å²) >= 11 is 0. The van der Waals surface area contributed by atoms with Gasteiger partial charge in [-0.1, -0.05) is 25.7 Å². The van der Waals surface area contributed by atoms with E-state index in [-0.39, 0.29) is 17.6 Å². The third-order valence-electron chi connectivity index (χ3n) is 7.23. The van der Waals surface area contributed by atoms with Crippen molar-refractivity contribution in [3.63, 3.8) is 0 Å². The van der Waals surface area contributed by atoms with Crippen molar-refractivity contribution in [2.24, 2.45) is 0 Å². The van der Waals surface area contributed by atoms with Gasteiger partial charge in [-0.15, -0.1) is 0 Å². The minimum atomic E-state index is -0.592. The molecule has 1 aliphatic heterocycles. The largest absolute Gasteiger partial charge is 0.487 e. The first-order valence-corrected chi connectivity index (χ1v) is 11.3. The molecule has 3 aliphatic rings. The average Bonchev–Trinajstić information content (AvgIpc) is 3.06. The summed E-state index contributed by atoms with van der Waals surface area (Å²) < 4.78 is 12.5. The number of furan rings is 1. The number of carbonyl (C=O) groups is 1. The molecular weight excluding hydrogens is 366 g/mol. The Hall–Kier alpha value is -2.01. The Morgan fingerprint density at radius 1 is 1.10 bits per heavy atom. The van der Waals surface area contributed by atoms with Crippen molar-refractivity contribution in [3.05, 3.63) is 29.0 Å². The van der Waals surface area contributed by atoms with Gasteiger partial charge < -0.3 is 19.6 Å². The predicted molar refractivity (Wildman–Crippen MR) is 111 cm³/mol. The number of nitrogens with one attached hydrogen (secondary N) is 1. The fourth-order valence-electron chi connectivity index (χ4n) is 5.72. The van der Waals surface area contributed by atoms with Crippen molar-refractivity contribution >= 4 is 16.9 Å². The maximum Gasteiger partial charge on any atom is 0.287 e. The molecule has 2 saturated carbocycles. The lowest BCUT2D eigenvalue weighted by Crippen LogP contribution is -2.42. The van der Waals surface area contributed by atoms with E-state index in [9.17, 15) is 9.90 Å². The summed E-state index contributed by atoms with van der Waals surface area (Å²) in [4.78, 5) is 12.9. The number of amides is 1. The zero-order valence-electron chi connectivity index (χ0n) is 17.3. The fourth-order valence-corrected chi connectivity index (χ4v) is 5.72. The second kappa shape index (κ2) is 7.35. The van der Waals surface area contributed by atoms with Crippen LogP contribution in [0.3, 0.4) is 0 Å². The van der Waals surface area contributed by atoms with Gasteiger partial charge in [-0.2, -0.15) is 0 Å². The molecule has 2 aliphatic carbocycles. The van der Waals surface area contributed by atoms with Crippen LogP contribution in [0.5, 0.6) is 5.75 Å². The van der Waals surface area contributed by atoms with E-state index in [0.29, 0.717) is 17.8 Å². The number of benzene rings is 1. The van der Waals surface area contributed by atoms with Crippen molar-refractivity contribution < 1.29 is 19.1 Å². The number of aliphatic hydroxyl groups is 1. The zero-order chi connectivity index (χ0) is 20.0. The van der Waals surface area contributed by atoms with Gasteiger partial charge in [0.05, 0.1) is 6.10 Å². The fraction of sp³-hybridized carbons (Fsp3) is 0.625. The number of hydrogen-bond donors (Lipinski definition) is 2. The van der Waals surface area contributed by atoms with E-state index in [4.69, 9.17) is 9.15 Å². The van der Waals surface area contributed by atoms with E-state index >= 15 is 0 Å². The summed E-state index contributed by atoms with van der Waals surface area (Å²) in [6.07, 6.45) is 11.2.